The van der Waals surface area contributed by atoms with Crippen LogP contribution in [0.15, 0.2) is 0 Å². The van der Waals surface area contributed by atoms with Crippen molar-refractivity contribution in [2.45, 2.75) is 32.8 Å². The quantitative estimate of drug-likeness (QED) is 0.813. The fraction of sp³-hybridized carbons (Fsp3) is 0.636. The Bertz CT molecular complexity index is 420. The van der Waals surface area contributed by atoms with Gasteiger partial charge in [0.15, 0.2) is 11.0 Å². The lowest BCUT2D eigenvalue weighted by atomic mass is 10.1. The van der Waals surface area contributed by atoms with Gasteiger partial charge in [0, 0.05) is 13.1 Å². The molecule has 1 atom stereocenters. The first-order valence-electron chi connectivity index (χ1n) is 5.37. The minimum atomic E-state index is -0.623. The highest BCUT2D eigenvalue weighted by molar-refractivity contribution is 6.30. The van der Waals surface area contributed by atoms with E-state index in [-0.39, 0.29) is 0 Å². The number of β-amino-alcohol motifs (C(OH)–C–C–N with tert-alkyl or cyclic N) is 1. The molecule has 1 aliphatic rings. The summed E-state index contributed by atoms with van der Waals surface area (Å²) in [4.78, 5) is 2.06. The summed E-state index contributed by atoms with van der Waals surface area (Å²) in [6.07, 6.45) is 0.760. The van der Waals surface area contributed by atoms with Gasteiger partial charge in [0.1, 0.15) is 0 Å². The van der Waals surface area contributed by atoms with E-state index in [0.717, 1.165) is 29.9 Å². The van der Waals surface area contributed by atoms with E-state index in [4.69, 9.17) is 11.6 Å². The molecule has 4 nitrogen and oxygen atoms in total. The number of hydrogen-bond acceptors (Lipinski definition) is 4. The van der Waals surface area contributed by atoms with E-state index in [9.17, 15) is 5.11 Å². The normalized spacial score (nSPS) is 25.2. The van der Waals surface area contributed by atoms with Crippen LogP contribution >= 0.6 is 11.6 Å². The molecule has 2 heterocycles. The van der Waals surface area contributed by atoms with Gasteiger partial charge >= 0.3 is 0 Å². The zero-order valence-corrected chi connectivity index (χ0v) is 10.5. The summed E-state index contributed by atoms with van der Waals surface area (Å²) in [7, 11) is 0. The summed E-state index contributed by atoms with van der Waals surface area (Å²) in [5, 5.41) is 18.4. The summed E-state index contributed by atoms with van der Waals surface area (Å²) in [5.41, 5.74) is 1.37. The van der Waals surface area contributed by atoms with Crippen molar-refractivity contribution in [3.05, 3.63) is 16.3 Å². The minimum absolute atomic E-state index is 0.451. The number of rotatable bonds is 1. The summed E-state index contributed by atoms with van der Waals surface area (Å²) in [6, 6.07) is 0. The maximum atomic E-state index is 9.93. The summed E-state index contributed by atoms with van der Waals surface area (Å²) >= 11 is 5.91. The van der Waals surface area contributed by atoms with Crippen molar-refractivity contribution in [3.8, 4) is 0 Å². The Morgan fingerprint density at radius 3 is 2.56 bits per heavy atom. The third-order valence-corrected chi connectivity index (χ3v) is 3.55. The molecule has 0 spiro atoms. The van der Waals surface area contributed by atoms with Crippen LogP contribution in [-0.2, 0) is 0 Å². The highest BCUT2D eigenvalue weighted by Crippen LogP contribution is 2.29. The van der Waals surface area contributed by atoms with Gasteiger partial charge in [-0.05, 0) is 38.3 Å². The molecule has 1 aromatic heterocycles. The lowest BCUT2D eigenvalue weighted by Gasteiger charge is -2.21. The predicted molar refractivity (Wildman–Crippen MR) is 64.0 cm³/mol. The Hall–Kier alpha value is -0.870. The molecule has 1 unspecified atom stereocenters. The summed E-state index contributed by atoms with van der Waals surface area (Å²) in [6.45, 7) is 7.17. The molecule has 0 radical (unpaired) electrons. The maximum Gasteiger partial charge on any atom is 0.155 e. The molecule has 1 aromatic rings. The van der Waals surface area contributed by atoms with E-state index in [1.165, 1.54) is 0 Å². The topological polar surface area (TPSA) is 49.2 Å². The highest BCUT2D eigenvalue weighted by Gasteiger charge is 2.33. The Balaban J connectivity index is 2.32. The van der Waals surface area contributed by atoms with Crippen molar-refractivity contribution >= 4 is 17.4 Å². The lowest BCUT2D eigenvalue weighted by Crippen LogP contribution is -2.30. The molecule has 0 aliphatic carbocycles. The van der Waals surface area contributed by atoms with E-state index in [2.05, 4.69) is 15.1 Å². The second-order valence-electron chi connectivity index (χ2n) is 4.73. The van der Waals surface area contributed by atoms with E-state index in [1.54, 1.807) is 0 Å². The molecule has 1 saturated heterocycles. The highest BCUT2D eigenvalue weighted by atomic mass is 35.5. The maximum absolute atomic E-state index is 9.93. The number of anilines is 1. The van der Waals surface area contributed by atoms with Crippen LogP contribution in [0.25, 0.3) is 0 Å². The molecule has 1 fully saturated rings. The molecule has 0 amide bonds. The van der Waals surface area contributed by atoms with Gasteiger partial charge < -0.3 is 10.0 Å². The van der Waals surface area contributed by atoms with E-state index in [0.29, 0.717) is 11.7 Å². The molecule has 88 valence electrons. The standard InChI is InChI=1S/C11H16ClN3O/c1-7-8(2)10(14-13-9(7)12)15-5-4-11(3,16)6-15/h16H,4-6H2,1-3H3. The average molecular weight is 242 g/mol. The predicted octanol–water partition coefficient (Wildman–Crippen LogP) is 1.71. The first-order chi connectivity index (χ1) is 7.41. The number of aromatic nitrogens is 2. The van der Waals surface area contributed by atoms with Crippen LogP contribution in [0.4, 0.5) is 5.82 Å². The van der Waals surface area contributed by atoms with Crippen molar-refractivity contribution in [1.82, 2.24) is 10.2 Å². The number of halogens is 1. The largest absolute Gasteiger partial charge is 0.388 e. The van der Waals surface area contributed by atoms with E-state index < -0.39 is 5.60 Å². The Morgan fingerprint density at radius 2 is 2.00 bits per heavy atom. The van der Waals surface area contributed by atoms with Gasteiger partial charge in [-0.15, -0.1) is 10.2 Å². The summed E-state index contributed by atoms with van der Waals surface area (Å²) < 4.78 is 0. The van der Waals surface area contributed by atoms with Gasteiger partial charge in [0.2, 0.25) is 0 Å². The first kappa shape index (κ1) is 11.6. The van der Waals surface area contributed by atoms with Crippen molar-refractivity contribution in [1.29, 1.82) is 0 Å². The number of nitrogens with zero attached hydrogens (tertiary/aromatic N) is 3. The van der Waals surface area contributed by atoms with Crippen LogP contribution in [0.5, 0.6) is 0 Å². The van der Waals surface area contributed by atoms with Gasteiger partial charge in [-0.3, -0.25) is 0 Å². The van der Waals surface area contributed by atoms with Crippen LogP contribution in [-0.4, -0.2) is 34.0 Å². The van der Waals surface area contributed by atoms with Crippen LogP contribution in [0.1, 0.15) is 24.5 Å². The van der Waals surface area contributed by atoms with Gasteiger partial charge in [-0.1, -0.05) is 11.6 Å². The van der Waals surface area contributed by atoms with E-state index >= 15 is 0 Å². The molecule has 1 aliphatic heterocycles. The molecule has 5 heteroatoms. The second-order valence-corrected chi connectivity index (χ2v) is 5.09. The Kier molecular flexibility index (Phi) is 2.80. The van der Waals surface area contributed by atoms with Gasteiger partial charge in [0.25, 0.3) is 0 Å². The lowest BCUT2D eigenvalue weighted by molar-refractivity contribution is 0.0839. The SMILES string of the molecule is Cc1c(Cl)nnc(N2CCC(C)(O)C2)c1C. The zero-order chi connectivity index (χ0) is 11.9. The van der Waals surface area contributed by atoms with Crippen molar-refractivity contribution < 1.29 is 5.11 Å². The fourth-order valence-electron chi connectivity index (χ4n) is 1.99. The van der Waals surface area contributed by atoms with Crippen LogP contribution < -0.4 is 4.90 Å². The Labute approximate surface area is 100 Å². The minimum Gasteiger partial charge on any atom is -0.388 e. The van der Waals surface area contributed by atoms with Crippen molar-refractivity contribution in [2.24, 2.45) is 0 Å². The third-order valence-electron chi connectivity index (χ3n) is 3.19. The third kappa shape index (κ3) is 1.99. The molecule has 0 aromatic carbocycles. The van der Waals surface area contributed by atoms with Gasteiger partial charge in [-0.25, -0.2) is 0 Å². The van der Waals surface area contributed by atoms with Crippen LogP contribution in [0.3, 0.4) is 0 Å². The molecular weight excluding hydrogens is 226 g/mol. The molecule has 1 N–H and O–H groups in total. The van der Waals surface area contributed by atoms with E-state index in [1.807, 2.05) is 20.8 Å². The smallest absolute Gasteiger partial charge is 0.155 e. The Morgan fingerprint density at radius 1 is 1.31 bits per heavy atom. The number of hydrogen-bond donors (Lipinski definition) is 1. The average Bonchev–Trinajstić information content (AvgIpc) is 2.55. The van der Waals surface area contributed by atoms with Crippen molar-refractivity contribution in [2.75, 3.05) is 18.0 Å². The zero-order valence-electron chi connectivity index (χ0n) is 9.79. The fourth-order valence-corrected chi connectivity index (χ4v) is 2.17. The second kappa shape index (κ2) is 3.86. The van der Waals surface area contributed by atoms with Crippen molar-refractivity contribution in [3.63, 3.8) is 0 Å². The van der Waals surface area contributed by atoms with Gasteiger partial charge in [-0.2, -0.15) is 0 Å². The molecule has 0 bridgehead atoms. The number of aliphatic hydroxyl groups is 1. The molecular formula is C11H16ClN3O. The first-order valence-corrected chi connectivity index (χ1v) is 5.75. The van der Waals surface area contributed by atoms with Crippen LogP contribution in [0.2, 0.25) is 5.15 Å². The van der Waals surface area contributed by atoms with Gasteiger partial charge in [0.05, 0.1) is 5.60 Å². The monoisotopic (exact) mass is 241 g/mol. The molecule has 0 saturated carbocycles. The molecule has 16 heavy (non-hydrogen) atoms. The molecule has 2 rings (SSSR count). The summed E-state index contributed by atoms with van der Waals surface area (Å²) in [5.74, 6) is 0.833. The van der Waals surface area contributed by atoms with Crippen LogP contribution in [0, 0.1) is 13.8 Å².